The molecule has 1 aromatic heterocycles. The molecule has 3 rings (SSSR count). The van der Waals surface area contributed by atoms with E-state index in [2.05, 4.69) is 0 Å². The predicted molar refractivity (Wildman–Crippen MR) is 73.9 cm³/mol. The molecule has 1 N–H and O–H groups in total. The van der Waals surface area contributed by atoms with Crippen LogP contribution in [0.25, 0.3) is 11.0 Å². The molecule has 0 aliphatic heterocycles. The molecule has 2 aromatic carbocycles. The lowest BCUT2D eigenvalue weighted by Crippen LogP contribution is -2.00. The number of rotatable bonds is 4. The third-order valence-corrected chi connectivity index (χ3v) is 3.11. The van der Waals surface area contributed by atoms with Gasteiger partial charge in [-0.3, -0.25) is 0 Å². The van der Waals surface area contributed by atoms with E-state index >= 15 is 0 Å². The number of furan rings is 1. The molecule has 21 heavy (non-hydrogen) atoms. The molecule has 1 heterocycles. The normalized spacial score (nSPS) is 10.7. The molecule has 0 unspecified atom stereocenters. The fraction of sp³-hybridized carbons (Fsp3) is 0.0625. The second kappa shape index (κ2) is 5.28. The van der Waals surface area contributed by atoms with Crippen molar-refractivity contribution in [1.29, 1.82) is 0 Å². The molecule has 0 atom stereocenters. The zero-order valence-electron chi connectivity index (χ0n) is 10.9. The number of hydrogen-bond acceptors (Lipinski definition) is 3. The molecule has 0 fully saturated rings. The lowest BCUT2D eigenvalue weighted by atomic mass is 10.1. The summed E-state index contributed by atoms with van der Waals surface area (Å²) < 4.78 is 23.7. The number of benzene rings is 2. The lowest BCUT2D eigenvalue weighted by Gasteiger charge is -2.05. The fourth-order valence-electron chi connectivity index (χ4n) is 2.13. The average molecular weight is 286 g/mol. The van der Waals surface area contributed by atoms with Gasteiger partial charge in [0.25, 0.3) is 0 Å². The van der Waals surface area contributed by atoms with E-state index < -0.39 is 5.97 Å². The van der Waals surface area contributed by atoms with Crippen LogP contribution in [-0.4, -0.2) is 11.1 Å². The van der Waals surface area contributed by atoms with Crippen LogP contribution >= 0.6 is 0 Å². The smallest absolute Gasteiger partial charge is 0.336 e. The molecule has 0 saturated carbocycles. The van der Waals surface area contributed by atoms with Crippen LogP contribution in [0.15, 0.2) is 53.1 Å². The van der Waals surface area contributed by atoms with E-state index in [4.69, 9.17) is 9.15 Å². The minimum absolute atomic E-state index is 0.142. The zero-order valence-corrected chi connectivity index (χ0v) is 10.9. The molecule has 0 radical (unpaired) electrons. The van der Waals surface area contributed by atoms with Crippen molar-refractivity contribution in [2.75, 3.05) is 0 Å². The van der Waals surface area contributed by atoms with Crippen LogP contribution < -0.4 is 4.74 Å². The van der Waals surface area contributed by atoms with Crippen LogP contribution in [-0.2, 0) is 6.61 Å². The molecule has 0 saturated heterocycles. The van der Waals surface area contributed by atoms with Gasteiger partial charge in [0.05, 0.1) is 11.8 Å². The van der Waals surface area contributed by atoms with Crippen molar-refractivity contribution in [3.05, 3.63) is 65.7 Å². The maximum Gasteiger partial charge on any atom is 0.336 e. The molecule has 106 valence electrons. The summed E-state index contributed by atoms with van der Waals surface area (Å²) in [7, 11) is 0. The van der Waals surface area contributed by atoms with Crippen molar-refractivity contribution in [2.45, 2.75) is 6.61 Å². The second-order valence-corrected chi connectivity index (χ2v) is 4.49. The van der Waals surface area contributed by atoms with Crippen molar-refractivity contribution in [3.63, 3.8) is 0 Å². The highest BCUT2D eigenvalue weighted by atomic mass is 19.1. The molecular formula is C16H11FO4. The Bertz CT molecular complexity index is 790. The number of ether oxygens (including phenoxy) is 1. The molecule has 3 aromatic rings. The lowest BCUT2D eigenvalue weighted by molar-refractivity contribution is 0.0699. The summed E-state index contributed by atoms with van der Waals surface area (Å²) in [4.78, 5) is 11.3. The maximum atomic E-state index is 12.8. The molecule has 0 amide bonds. The topological polar surface area (TPSA) is 59.7 Å². The largest absolute Gasteiger partial charge is 0.489 e. The fourth-order valence-corrected chi connectivity index (χ4v) is 2.13. The van der Waals surface area contributed by atoms with E-state index in [1.807, 2.05) is 0 Å². The Morgan fingerprint density at radius 3 is 2.67 bits per heavy atom. The van der Waals surface area contributed by atoms with Gasteiger partial charge >= 0.3 is 5.97 Å². The Kier molecular flexibility index (Phi) is 3.31. The summed E-state index contributed by atoms with van der Waals surface area (Å²) >= 11 is 0. The van der Waals surface area contributed by atoms with Gasteiger partial charge in [0.1, 0.15) is 23.8 Å². The van der Waals surface area contributed by atoms with Crippen molar-refractivity contribution >= 4 is 16.9 Å². The van der Waals surface area contributed by atoms with E-state index in [1.54, 1.807) is 12.1 Å². The van der Waals surface area contributed by atoms with Crippen molar-refractivity contribution in [2.24, 2.45) is 0 Å². The van der Waals surface area contributed by atoms with Gasteiger partial charge in [-0.25, -0.2) is 9.18 Å². The zero-order chi connectivity index (χ0) is 14.8. The van der Waals surface area contributed by atoms with Crippen LogP contribution in [0.1, 0.15) is 15.9 Å². The summed E-state index contributed by atoms with van der Waals surface area (Å²) in [5, 5.41) is 9.74. The Balaban J connectivity index is 1.90. The van der Waals surface area contributed by atoms with Crippen LogP contribution in [0, 0.1) is 5.82 Å². The number of carbonyl (C=O) groups is 1. The molecule has 0 aliphatic rings. The Labute approximate surface area is 119 Å². The first-order chi connectivity index (χ1) is 10.1. The summed E-state index contributed by atoms with van der Waals surface area (Å²) in [6.07, 6.45) is 1.47. The molecule has 5 heteroatoms. The second-order valence-electron chi connectivity index (χ2n) is 4.49. The van der Waals surface area contributed by atoms with Crippen molar-refractivity contribution in [3.8, 4) is 5.75 Å². The van der Waals surface area contributed by atoms with Gasteiger partial charge in [-0.2, -0.15) is 0 Å². The summed E-state index contributed by atoms with van der Waals surface area (Å²) in [5.74, 6) is -0.868. The minimum Gasteiger partial charge on any atom is -0.489 e. The number of hydrogen-bond donors (Lipinski definition) is 1. The van der Waals surface area contributed by atoms with E-state index in [-0.39, 0.29) is 18.0 Å². The van der Waals surface area contributed by atoms with Gasteiger partial charge in [-0.1, -0.05) is 6.07 Å². The van der Waals surface area contributed by atoms with Gasteiger partial charge < -0.3 is 14.3 Å². The summed E-state index contributed by atoms with van der Waals surface area (Å²) in [6.45, 7) is 0.142. The van der Waals surface area contributed by atoms with Crippen LogP contribution in [0.3, 0.4) is 0 Å². The molecular weight excluding hydrogens is 275 g/mol. The third kappa shape index (κ3) is 2.58. The first kappa shape index (κ1) is 13.2. The van der Waals surface area contributed by atoms with Crippen LogP contribution in [0.4, 0.5) is 4.39 Å². The van der Waals surface area contributed by atoms with Crippen LogP contribution in [0.5, 0.6) is 5.75 Å². The third-order valence-electron chi connectivity index (χ3n) is 3.11. The summed E-state index contributed by atoms with van der Waals surface area (Å²) in [6, 6.07) is 10.5. The molecule has 4 nitrogen and oxygen atoms in total. The van der Waals surface area contributed by atoms with Crippen LogP contribution in [0.2, 0.25) is 0 Å². The SMILES string of the molecule is O=C(O)c1cccc2occ(COc3ccc(F)cc3)c12. The number of carboxylic acids is 1. The van der Waals surface area contributed by atoms with Gasteiger partial charge in [-0.15, -0.1) is 0 Å². The number of halogens is 1. The molecule has 0 spiro atoms. The highest BCUT2D eigenvalue weighted by Gasteiger charge is 2.15. The first-order valence-electron chi connectivity index (χ1n) is 6.26. The highest BCUT2D eigenvalue weighted by Crippen LogP contribution is 2.26. The average Bonchev–Trinajstić information content (AvgIpc) is 2.90. The van der Waals surface area contributed by atoms with E-state index in [1.165, 1.54) is 36.6 Å². The van der Waals surface area contributed by atoms with Crippen molar-refractivity contribution < 1.29 is 23.4 Å². The van der Waals surface area contributed by atoms with Gasteiger partial charge in [0.15, 0.2) is 0 Å². The molecule has 0 aliphatic carbocycles. The Morgan fingerprint density at radius 2 is 1.95 bits per heavy atom. The first-order valence-corrected chi connectivity index (χ1v) is 6.26. The standard InChI is InChI=1S/C16H11FO4/c17-11-4-6-12(7-5-11)20-8-10-9-21-14-3-1-2-13(15(10)14)16(18)19/h1-7,9H,8H2,(H,18,19). The van der Waals surface area contributed by atoms with Gasteiger partial charge in [0, 0.05) is 10.9 Å². The van der Waals surface area contributed by atoms with Crippen molar-refractivity contribution in [1.82, 2.24) is 0 Å². The quantitative estimate of drug-likeness (QED) is 0.791. The summed E-state index contributed by atoms with van der Waals surface area (Å²) in [5.41, 5.74) is 1.29. The monoisotopic (exact) mass is 286 g/mol. The van der Waals surface area contributed by atoms with Gasteiger partial charge in [0.2, 0.25) is 0 Å². The predicted octanol–water partition coefficient (Wildman–Crippen LogP) is 3.85. The molecule has 0 bridgehead atoms. The Hall–Kier alpha value is -2.82. The van der Waals surface area contributed by atoms with Gasteiger partial charge in [-0.05, 0) is 36.4 Å². The number of carboxylic acid groups (broad SMARTS) is 1. The maximum absolute atomic E-state index is 12.8. The van der Waals surface area contributed by atoms with E-state index in [0.29, 0.717) is 22.3 Å². The highest BCUT2D eigenvalue weighted by molar-refractivity contribution is 6.03. The number of aromatic carboxylic acids is 1. The van der Waals surface area contributed by atoms with E-state index in [0.717, 1.165) is 0 Å². The minimum atomic E-state index is -1.02. The number of fused-ring (bicyclic) bond motifs is 1. The Morgan fingerprint density at radius 1 is 1.19 bits per heavy atom. The van der Waals surface area contributed by atoms with E-state index in [9.17, 15) is 14.3 Å².